The fourth-order valence-corrected chi connectivity index (χ4v) is 5.13. The van der Waals surface area contributed by atoms with Crippen molar-refractivity contribution in [2.24, 2.45) is 0 Å². The standard InChI is InChI=1S/C22H25N9O/c1-21-6-7-22(2,29-21)10-15(9-21)30(3)19-12-24-20(27-26-19)16-5-4-14(8-17(16)32)31-13-25-18(11-23)28-31/h4-5,8,12-13,15,29,32H,6-7,9-10H2,1-3H3/t15?,21-,22+. The van der Waals surface area contributed by atoms with E-state index in [1.165, 1.54) is 29.9 Å². The summed E-state index contributed by atoms with van der Waals surface area (Å²) in [4.78, 5) is 10.5. The van der Waals surface area contributed by atoms with E-state index >= 15 is 0 Å². The summed E-state index contributed by atoms with van der Waals surface area (Å²) in [6, 6.07) is 7.22. The zero-order valence-corrected chi connectivity index (χ0v) is 18.3. The van der Waals surface area contributed by atoms with E-state index in [0.29, 0.717) is 23.1 Å². The number of aromatic nitrogens is 6. The maximum Gasteiger partial charge on any atom is 0.252 e. The number of phenols is 1. The summed E-state index contributed by atoms with van der Waals surface area (Å²) in [5.74, 6) is 1.11. The van der Waals surface area contributed by atoms with Crippen LogP contribution in [0.4, 0.5) is 5.82 Å². The Kier molecular flexibility index (Phi) is 4.60. The van der Waals surface area contributed by atoms with Crippen LogP contribution in [0.3, 0.4) is 0 Å². The topological polar surface area (TPSA) is 129 Å². The molecule has 3 aromatic rings. The number of nitrogens with zero attached hydrogens (tertiary/aromatic N) is 8. The summed E-state index contributed by atoms with van der Waals surface area (Å²) in [5.41, 5.74) is 1.37. The first-order valence-electron chi connectivity index (χ1n) is 10.6. The highest BCUT2D eigenvalue weighted by molar-refractivity contribution is 5.66. The third-order valence-corrected chi connectivity index (χ3v) is 6.74. The van der Waals surface area contributed by atoms with Crippen molar-refractivity contribution in [1.82, 2.24) is 35.3 Å². The van der Waals surface area contributed by atoms with Crippen molar-refractivity contribution < 1.29 is 5.11 Å². The lowest BCUT2D eigenvalue weighted by Crippen LogP contribution is -2.58. The van der Waals surface area contributed by atoms with Crippen LogP contribution >= 0.6 is 0 Å². The van der Waals surface area contributed by atoms with E-state index in [4.69, 9.17) is 5.26 Å². The number of aromatic hydroxyl groups is 1. The molecule has 2 N–H and O–H groups in total. The molecular formula is C22H25N9O. The van der Waals surface area contributed by atoms with Crippen LogP contribution in [0.1, 0.15) is 45.4 Å². The Bertz CT molecular complexity index is 1180. The molecule has 1 unspecified atom stereocenters. The summed E-state index contributed by atoms with van der Waals surface area (Å²) in [6.07, 6.45) is 7.63. The molecule has 10 heteroatoms. The Morgan fingerprint density at radius 3 is 2.53 bits per heavy atom. The first-order valence-corrected chi connectivity index (χ1v) is 10.6. The number of phenolic OH excluding ortho intramolecular Hbond substituents is 1. The second-order valence-electron chi connectivity index (χ2n) is 9.39. The lowest BCUT2D eigenvalue weighted by Gasteiger charge is -2.45. The van der Waals surface area contributed by atoms with Gasteiger partial charge in [-0.2, -0.15) is 5.26 Å². The Balaban J connectivity index is 1.35. The van der Waals surface area contributed by atoms with E-state index < -0.39 is 0 Å². The molecule has 1 aromatic carbocycles. The molecule has 5 rings (SSSR count). The maximum atomic E-state index is 10.5. The number of hydrogen-bond donors (Lipinski definition) is 2. The Hall–Kier alpha value is -3.58. The summed E-state index contributed by atoms with van der Waals surface area (Å²) >= 11 is 0. The number of rotatable bonds is 4. The molecule has 2 aromatic heterocycles. The van der Waals surface area contributed by atoms with Gasteiger partial charge in [-0.25, -0.2) is 14.6 Å². The smallest absolute Gasteiger partial charge is 0.252 e. The molecule has 2 aliphatic rings. The lowest BCUT2D eigenvalue weighted by molar-refractivity contribution is 0.207. The normalized spacial score (nSPS) is 26.6. The third kappa shape index (κ3) is 3.54. The molecule has 0 radical (unpaired) electrons. The van der Waals surface area contributed by atoms with Crippen LogP contribution in [0.15, 0.2) is 30.7 Å². The lowest BCUT2D eigenvalue weighted by atomic mass is 9.84. The highest BCUT2D eigenvalue weighted by Crippen LogP contribution is 2.43. The van der Waals surface area contributed by atoms with Gasteiger partial charge in [0.2, 0.25) is 0 Å². The van der Waals surface area contributed by atoms with E-state index in [1.54, 1.807) is 18.3 Å². The average Bonchev–Trinajstić information content (AvgIpc) is 3.34. The Morgan fingerprint density at radius 1 is 1.19 bits per heavy atom. The van der Waals surface area contributed by atoms with Crippen LogP contribution in [0.2, 0.25) is 0 Å². The molecule has 32 heavy (non-hydrogen) atoms. The molecule has 0 spiro atoms. The van der Waals surface area contributed by atoms with Crippen LogP contribution in [0.5, 0.6) is 5.75 Å². The minimum atomic E-state index is -0.00445. The molecule has 3 atom stereocenters. The minimum Gasteiger partial charge on any atom is -0.507 e. The van der Waals surface area contributed by atoms with E-state index in [2.05, 4.69) is 49.3 Å². The molecule has 0 aliphatic carbocycles. The van der Waals surface area contributed by atoms with Crippen LogP contribution in [-0.2, 0) is 0 Å². The largest absolute Gasteiger partial charge is 0.507 e. The second kappa shape index (κ2) is 7.24. The van der Waals surface area contributed by atoms with Crippen molar-refractivity contribution >= 4 is 5.82 Å². The summed E-state index contributed by atoms with van der Waals surface area (Å²) < 4.78 is 1.42. The monoisotopic (exact) mass is 431 g/mol. The maximum absolute atomic E-state index is 10.5. The van der Waals surface area contributed by atoms with Gasteiger partial charge in [-0.3, -0.25) is 0 Å². The zero-order valence-electron chi connectivity index (χ0n) is 18.3. The highest BCUT2D eigenvalue weighted by atomic mass is 16.3. The van der Waals surface area contributed by atoms with Crippen molar-refractivity contribution in [3.8, 4) is 28.9 Å². The quantitative estimate of drug-likeness (QED) is 0.638. The number of anilines is 1. The molecule has 10 nitrogen and oxygen atoms in total. The van der Waals surface area contributed by atoms with E-state index in [1.807, 2.05) is 13.1 Å². The predicted molar refractivity (Wildman–Crippen MR) is 117 cm³/mol. The van der Waals surface area contributed by atoms with Crippen molar-refractivity contribution in [1.29, 1.82) is 5.26 Å². The first-order chi connectivity index (χ1) is 15.3. The molecule has 2 aliphatic heterocycles. The number of benzene rings is 1. The van der Waals surface area contributed by atoms with Crippen LogP contribution in [0, 0.1) is 11.3 Å². The summed E-state index contributed by atoms with van der Waals surface area (Å²) in [5, 5.41) is 35.9. The fourth-order valence-electron chi connectivity index (χ4n) is 5.13. The summed E-state index contributed by atoms with van der Waals surface area (Å²) in [6.45, 7) is 4.61. The fraction of sp³-hybridized carbons (Fsp3) is 0.455. The van der Waals surface area contributed by atoms with Crippen molar-refractivity contribution in [2.75, 3.05) is 11.9 Å². The van der Waals surface area contributed by atoms with Gasteiger partial charge in [0.1, 0.15) is 18.1 Å². The van der Waals surface area contributed by atoms with Gasteiger partial charge in [-0.1, -0.05) is 0 Å². The third-order valence-electron chi connectivity index (χ3n) is 6.74. The van der Waals surface area contributed by atoms with Crippen molar-refractivity contribution in [3.05, 3.63) is 36.5 Å². The van der Waals surface area contributed by atoms with Gasteiger partial charge in [0, 0.05) is 30.2 Å². The molecule has 4 heterocycles. The van der Waals surface area contributed by atoms with Gasteiger partial charge in [0.05, 0.1) is 17.4 Å². The molecule has 2 saturated heterocycles. The van der Waals surface area contributed by atoms with Crippen molar-refractivity contribution in [3.63, 3.8) is 0 Å². The zero-order chi connectivity index (χ0) is 22.5. The molecular weight excluding hydrogens is 406 g/mol. The van der Waals surface area contributed by atoms with Gasteiger partial charge in [-0.15, -0.1) is 15.3 Å². The van der Waals surface area contributed by atoms with Crippen LogP contribution in [0.25, 0.3) is 17.1 Å². The minimum absolute atomic E-state index is 0.00445. The molecule has 0 amide bonds. The second-order valence-corrected chi connectivity index (χ2v) is 9.39. The predicted octanol–water partition coefficient (Wildman–Crippen LogP) is 2.20. The molecule has 0 saturated carbocycles. The van der Waals surface area contributed by atoms with Crippen molar-refractivity contribution in [2.45, 2.75) is 56.7 Å². The van der Waals surface area contributed by atoms with Gasteiger partial charge >= 0.3 is 0 Å². The van der Waals surface area contributed by atoms with Gasteiger partial charge in [0.15, 0.2) is 11.6 Å². The van der Waals surface area contributed by atoms with Gasteiger partial charge < -0.3 is 15.3 Å². The number of hydrogen-bond acceptors (Lipinski definition) is 9. The highest BCUT2D eigenvalue weighted by Gasteiger charge is 2.49. The van der Waals surface area contributed by atoms with E-state index in [9.17, 15) is 5.11 Å². The number of fused-ring (bicyclic) bond motifs is 2. The number of nitrogens with one attached hydrogen (secondary N) is 1. The summed E-state index contributed by atoms with van der Waals surface area (Å²) in [7, 11) is 2.05. The molecule has 2 fully saturated rings. The molecule has 164 valence electrons. The average molecular weight is 432 g/mol. The SMILES string of the molecule is CN(c1cnc(-c2ccc(-n3cnc(C#N)n3)cc2O)nn1)C1C[C@]2(C)CC[C@](C)(C1)N2. The Morgan fingerprint density at radius 2 is 1.94 bits per heavy atom. The Labute approximate surface area is 185 Å². The van der Waals surface area contributed by atoms with E-state index in [0.717, 1.165) is 18.7 Å². The number of piperidine rings is 1. The number of nitriles is 1. The van der Waals surface area contributed by atoms with Crippen LogP contribution < -0.4 is 10.2 Å². The van der Waals surface area contributed by atoms with Gasteiger partial charge in [-0.05, 0) is 51.7 Å². The van der Waals surface area contributed by atoms with E-state index in [-0.39, 0.29) is 22.7 Å². The molecule has 2 bridgehead atoms. The first kappa shape index (κ1) is 20.3. The van der Waals surface area contributed by atoms with Gasteiger partial charge in [0.25, 0.3) is 5.82 Å². The van der Waals surface area contributed by atoms with Crippen LogP contribution in [-0.4, -0.2) is 59.2 Å².